The van der Waals surface area contributed by atoms with Crippen molar-refractivity contribution in [3.63, 3.8) is 0 Å². The van der Waals surface area contributed by atoms with Gasteiger partial charge in [-0.15, -0.1) is 0 Å². The second-order valence-corrected chi connectivity index (χ2v) is 12.0. The molecule has 41 heavy (non-hydrogen) atoms. The van der Waals surface area contributed by atoms with Gasteiger partial charge in [-0.1, -0.05) is 130 Å². The van der Waals surface area contributed by atoms with Crippen LogP contribution in [-0.4, -0.2) is 29.5 Å². The molecule has 0 aliphatic heterocycles. The molecule has 0 aromatic carbocycles. The normalized spacial score (nSPS) is 11.2. The van der Waals surface area contributed by atoms with Gasteiger partial charge in [-0.3, -0.25) is 14.4 Å². The number of allylic oxidation sites excluding steroid dienone is 1. The number of hydrogen-bond acceptors (Lipinski definition) is 4. The first-order valence-corrected chi connectivity index (χ1v) is 17.4. The zero-order chi connectivity index (χ0) is 31.0. The topological polar surface area (TPSA) is 80.3 Å². The molecule has 1 unspecified atom stereocenters. The van der Waals surface area contributed by atoms with Crippen molar-refractivity contribution < 1.29 is 19.2 Å². The smallest absolute Gasteiger partial charge is 0.220 e. The summed E-state index contributed by atoms with van der Waals surface area (Å²) in [6, 6.07) is 0.301. The molecule has 0 aliphatic carbocycles. The Bertz CT molecular complexity index is 677. The average Bonchev–Trinajstić information content (AvgIpc) is 2.95. The van der Waals surface area contributed by atoms with Crippen LogP contribution in [0.15, 0.2) is 5.57 Å². The van der Waals surface area contributed by atoms with Crippen LogP contribution in [0.2, 0.25) is 0 Å². The second-order valence-electron chi connectivity index (χ2n) is 12.0. The lowest BCUT2D eigenvalue weighted by Gasteiger charge is -2.19. The molecule has 0 aromatic rings. The summed E-state index contributed by atoms with van der Waals surface area (Å²) in [7, 11) is 0. The minimum absolute atomic E-state index is 0.187. The number of nitrogens with one attached hydrogen (secondary N) is 1. The van der Waals surface area contributed by atoms with E-state index in [1.165, 1.54) is 96.8 Å². The average molecular weight is 578 g/mol. The molecule has 1 N–H and O–H groups in total. The van der Waals surface area contributed by atoms with E-state index in [1.54, 1.807) is 0 Å². The van der Waals surface area contributed by atoms with Crippen molar-refractivity contribution in [1.82, 2.24) is 5.32 Å². The molecule has 0 spiro atoms. The maximum atomic E-state index is 12.1. The summed E-state index contributed by atoms with van der Waals surface area (Å²) in [4.78, 5) is 44.8. The van der Waals surface area contributed by atoms with E-state index in [1.807, 2.05) is 19.8 Å². The highest BCUT2D eigenvalue weighted by atomic mass is 16.2. The van der Waals surface area contributed by atoms with Crippen molar-refractivity contribution in [2.75, 3.05) is 0 Å². The predicted molar refractivity (Wildman–Crippen MR) is 175 cm³/mol. The summed E-state index contributed by atoms with van der Waals surface area (Å²) in [6.45, 7) is 9.74. The molecule has 0 radical (unpaired) electrons. The highest BCUT2D eigenvalue weighted by Crippen LogP contribution is 2.16. The van der Waals surface area contributed by atoms with Crippen molar-refractivity contribution in [2.45, 2.75) is 201 Å². The molecule has 0 aromatic heterocycles. The van der Waals surface area contributed by atoms with E-state index in [0.717, 1.165) is 63.4 Å². The first-order valence-electron chi connectivity index (χ1n) is 17.4. The van der Waals surface area contributed by atoms with E-state index in [0.29, 0.717) is 18.9 Å². The SMILES string of the molecule is CCCC(=O)NC(CCCCCCCCCC(=O)C(C)=O)CCCCCCCCCC(C)=C=O.CCCCCCC. The van der Waals surface area contributed by atoms with Crippen LogP contribution in [0.5, 0.6) is 0 Å². The highest BCUT2D eigenvalue weighted by molar-refractivity contribution is 6.36. The van der Waals surface area contributed by atoms with Crippen LogP contribution in [0.1, 0.15) is 195 Å². The molecule has 0 heterocycles. The summed E-state index contributed by atoms with van der Waals surface area (Å²) in [5, 5.41) is 3.26. The fourth-order valence-corrected chi connectivity index (χ4v) is 4.94. The van der Waals surface area contributed by atoms with Crippen LogP contribution in [0.25, 0.3) is 0 Å². The van der Waals surface area contributed by atoms with Crippen LogP contribution < -0.4 is 5.32 Å². The van der Waals surface area contributed by atoms with Crippen molar-refractivity contribution >= 4 is 23.4 Å². The number of carbonyl (C=O) groups excluding carboxylic acids is 4. The summed E-state index contributed by atoms with van der Waals surface area (Å²) in [5.41, 5.74) is 0.829. The van der Waals surface area contributed by atoms with Gasteiger partial charge in [-0.25, -0.2) is 4.79 Å². The third kappa shape index (κ3) is 32.6. The van der Waals surface area contributed by atoms with E-state index in [-0.39, 0.29) is 17.5 Å². The molecule has 1 amide bonds. The van der Waals surface area contributed by atoms with Gasteiger partial charge in [0.05, 0.1) is 0 Å². The van der Waals surface area contributed by atoms with Crippen molar-refractivity contribution in [3.8, 4) is 0 Å². The van der Waals surface area contributed by atoms with E-state index in [2.05, 4.69) is 19.2 Å². The molecular formula is C36H67NO4. The zero-order valence-electron chi connectivity index (χ0n) is 27.9. The minimum atomic E-state index is -0.323. The largest absolute Gasteiger partial charge is 0.353 e. The minimum Gasteiger partial charge on any atom is -0.353 e. The third-order valence-electron chi connectivity index (χ3n) is 7.68. The van der Waals surface area contributed by atoms with Crippen molar-refractivity contribution in [1.29, 1.82) is 0 Å². The molecule has 240 valence electrons. The van der Waals surface area contributed by atoms with Crippen LogP contribution in [-0.2, 0) is 19.2 Å². The van der Waals surface area contributed by atoms with Crippen molar-refractivity contribution in [2.24, 2.45) is 0 Å². The molecule has 0 saturated heterocycles. The molecule has 0 fully saturated rings. The number of unbranched alkanes of at least 4 members (excludes halogenated alkanes) is 16. The number of carbonyl (C=O) groups is 3. The van der Waals surface area contributed by atoms with Crippen LogP contribution >= 0.6 is 0 Å². The van der Waals surface area contributed by atoms with Crippen LogP contribution in [0.3, 0.4) is 0 Å². The van der Waals surface area contributed by atoms with Gasteiger partial charge < -0.3 is 5.32 Å². The number of hydrogen-bond donors (Lipinski definition) is 1. The van der Waals surface area contributed by atoms with Gasteiger partial charge in [0.25, 0.3) is 0 Å². The number of ketones is 2. The van der Waals surface area contributed by atoms with Gasteiger partial charge in [-0.2, -0.15) is 0 Å². The lowest BCUT2D eigenvalue weighted by atomic mass is 9.99. The highest BCUT2D eigenvalue weighted by Gasteiger charge is 2.11. The van der Waals surface area contributed by atoms with Gasteiger partial charge in [0, 0.05) is 31.4 Å². The lowest BCUT2D eigenvalue weighted by molar-refractivity contribution is -0.135. The van der Waals surface area contributed by atoms with Crippen molar-refractivity contribution in [3.05, 3.63) is 5.57 Å². The molecule has 0 bridgehead atoms. The van der Waals surface area contributed by atoms with E-state index < -0.39 is 0 Å². The Morgan fingerprint density at radius 2 is 0.951 bits per heavy atom. The summed E-state index contributed by atoms with van der Waals surface area (Å²) < 4.78 is 0. The lowest BCUT2D eigenvalue weighted by Crippen LogP contribution is -2.34. The zero-order valence-corrected chi connectivity index (χ0v) is 27.9. The van der Waals surface area contributed by atoms with E-state index in [9.17, 15) is 19.2 Å². The van der Waals surface area contributed by atoms with E-state index in [4.69, 9.17) is 0 Å². The summed E-state index contributed by atoms with van der Waals surface area (Å²) in [6.07, 6.45) is 28.0. The first-order chi connectivity index (χ1) is 19.8. The number of amides is 1. The van der Waals surface area contributed by atoms with Gasteiger partial charge >= 0.3 is 0 Å². The van der Waals surface area contributed by atoms with Crippen LogP contribution in [0, 0.1) is 0 Å². The maximum Gasteiger partial charge on any atom is 0.220 e. The standard InChI is InChI=1S/C29H51NO4.C7H16/c1-4-19-29(34)30-27(21-16-12-8-5-7-11-15-20-25(2)24-31)22-17-13-9-6-10-14-18-23-28(33)26(3)32;1-3-5-7-6-4-2/h27H,4-23H2,1-3H3,(H,30,34);3-7H2,1-2H3. The Kier molecular flexibility index (Phi) is 33.1. The fraction of sp³-hybridized carbons (Fsp3) is 0.861. The third-order valence-corrected chi connectivity index (χ3v) is 7.68. The molecular weight excluding hydrogens is 510 g/mol. The van der Waals surface area contributed by atoms with Gasteiger partial charge in [0.2, 0.25) is 5.91 Å². The quantitative estimate of drug-likeness (QED) is 0.0570. The molecule has 0 aliphatic rings. The van der Waals surface area contributed by atoms with Gasteiger partial charge in [-0.05, 0) is 45.4 Å². The predicted octanol–water partition coefficient (Wildman–Crippen LogP) is 10.2. The second kappa shape index (κ2) is 32.8. The van der Waals surface area contributed by atoms with Crippen LogP contribution in [0.4, 0.5) is 0 Å². The summed E-state index contributed by atoms with van der Waals surface area (Å²) >= 11 is 0. The Hall–Kier alpha value is -1.74. The molecule has 0 rings (SSSR count). The maximum absolute atomic E-state index is 12.1. The molecule has 5 heteroatoms. The number of rotatable bonds is 28. The Balaban J connectivity index is 0. The van der Waals surface area contributed by atoms with Gasteiger partial charge in [0.15, 0.2) is 11.6 Å². The summed E-state index contributed by atoms with van der Waals surface area (Å²) in [5.74, 6) is 1.59. The fourth-order valence-electron chi connectivity index (χ4n) is 4.94. The monoisotopic (exact) mass is 578 g/mol. The molecule has 5 nitrogen and oxygen atoms in total. The molecule has 1 atom stereocenters. The Morgan fingerprint density at radius 1 is 0.537 bits per heavy atom. The first kappa shape index (κ1) is 41.4. The molecule has 0 saturated carbocycles. The number of Topliss-reactive ketones (excluding diaryl/α,β-unsaturated/α-hetero) is 2. The van der Waals surface area contributed by atoms with Gasteiger partial charge in [0.1, 0.15) is 5.94 Å². The van der Waals surface area contributed by atoms with E-state index >= 15 is 0 Å². The Labute approximate surface area is 254 Å². The Morgan fingerprint density at radius 3 is 1.37 bits per heavy atom.